The van der Waals surface area contributed by atoms with Crippen molar-refractivity contribution in [2.24, 2.45) is 0 Å². The second-order valence-corrected chi connectivity index (χ2v) is 5.32. The third-order valence-electron chi connectivity index (χ3n) is 2.83. The number of rotatable bonds is 6. The van der Waals surface area contributed by atoms with Crippen LogP contribution in [-0.4, -0.2) is 30.4 Å². The third kappa shape index (κ3) is 3.62. The van der Waals surface area contributed by atoms with Gasteiger partial charge in [-0.3, -0.25) is 4.79 Å². The van der Waals surface area contributed by atoms with Crippen molar-refractivity contribution in [3.05, 3.63) is 59.7 Å². The second kappa shape index (κ2) is 7.12. The van der Waals surface area contributed by atoms with Gasteiger partial charge >= 0.3 is 0 Å². The molecule has 0 aliphatic rings. The molecule has 1 N–H and O–H groups in total. The molecule has 0 aliphatic carbocycles. The molecule has 0 spiro atoms. The summed E-state index contributed by atoms with van der Waals surface area (Å²) >= 11 is 1.56. The first kappa shape index (κ1) is 14.6. The van der Waals surface area contributed by atoms with Crippen molar-refractivity contribution in [1.29, 1.82) is 0 Å². The predicted octanol–water partition coefficient (Wildman–Crippen LogP) is 3.01. The zero-order chi connectivity index (χ0) is 14.4. The summed E-state index contributed by atoms with van der Waals surface area (Å²) in [5.41, 5.74) is 1.30. The fraction of sp³-hybridized carbons (Fsp3) is 0.188. The number of ketones is 1. The molecule has 0 amide bonds. The number of carbonyl (C=O) groups is 1. The summed E-state index contributed by atoms with van der Waals surface area (Å²) in [6, 6.07) is 14.5. The Labute approximate surface area is 122 Å². The number of hydrogen-bond acceptors (Lipinski definition) is 4. The van der Waals surface area contributed by atoms with Gasteiger partial charge in [0.15, 0.2) is 5.78 Å². The number of aliphatic hydroxyl groups excluding tert-OH is 1. The fourth-order valence-electron chi connectivity index (χ4n) is 1.78. The Kier molecular flexibility index (Phi) is 5.21. The van der Waals surface area contributed by atoms with E-state index in [4.69, 9.17) is 9.84 Å². The van der Waals surface area contributed by atoms with Crippen molar-refractivity contribution in [1.82, 2.24) is 0 Å². The maximum absolute atomic E-state index is 12.3. The van der Waals surface area contributed by atoms with Crippen LogP contribution < -0.4 is 4.74 Å². The number of ether oxygens (including phenoxy) is 1. The number of thioether (sulfide) groups is 1. The Bertz CT molecular complexity index is 561. The maximum Gasteiger partial charge on any atom is 0.193 e. The van der Waals surface area contributed by atoms with Gasteiger partial charge in [-0.2, -0.15) is 0 Å². The zero-order valence-corrected chi connectivity index (χ0v) is 12.0. The highest BCUT2D eigenvalue weighted by molar-refractivity contribution is 7.99. The van der Waals surface area contributed by atoms with Gasteiger partial charge in [-0.15, -0.1) is 11.8 Å². The standard InChI is InChI=1S/C16H16O3S/c1-19-14-6-2-12(3-7-14)16(18)13-4-8-15(9-5-13)20-11-10-17/h2-9,17H,10-11H2,1H3. The average molecular weight is 288 g/mol. The Morgan fingerprint density at radius 1 is 1.05 bits per heavy atom. The lowest BCUT2D eigenvalue weighted by molar-refractivity contribution is 0.103. The number of aliphatic hydroxyl groups is 1. The predicted molar refractivity (Wildman–Crippen MR) is 80.7 cm³/mol. The van der Waals surface area contributed by atoms with E-state index < -0.39 is 0 Å². The molecule has 0 bridgehead atoms. The van der Waals surface area contributed by atoms with E-state index in [0.29, 0.717) is 16.9 Å². The van der Waals surface area contributed by atoms with Crippen molar-refractivity contribution < 1.29 is 14.6 Å². The largest absolute Gasteiger partial charge is 0.497 e. The Hall–Kier alpha value is -1.78. The molecule has 0 radical (unpaired) electrons. The number of benzene rings is 2. The summed E-state index contributed by atoms with van der Waals surface area (Å²) in [5, 5.41) is 8.78. The van der Waals surface area contributed by atoms with Crippen molar-refractivity contribution in [3.63, 3.8) is 0 Å². The smallest absolute Gasteiger partial charge is 0.193 e. The molecule has 0 aliphatic heterocycles. The molecule has 3 nitrogen and oxygen atoms in total. The van der Waals surface area contributed by atoms with Crippen LogP contribution in [0.25, 0.3) is 0 Å². The molecule has 0 heterocycles. The van der Waals surface area contributed by atoms with Crippen LogP contribution in [0, 0.1) is 0 Å². The van der Waals surface area contributed by atoms with Gasteiger partial charge in [0.25, 0.3) is 0 Å². The topological polar surface area (TPSA) is 46.5 Å². The monoisotopic (exact) mass is 288 g/mol. The van der Waals surface area contributed by atoms with Crippen molar-refractivity contribution in [2.75, 3.05) is 19.5 Å². The highest BCUT2D eigenvalue weighted by Gasteiger charge is 2.09. The van der Waals surface area contributed by atoms with Gasteiger partial charge in [-0.1, -0.05) is 0 Å². The van der Waals surface area contributed by atoms with Crippen LogP contribution in [-0.2, 0) is 0 Å². The minimum absolute atomic E-state index is 0.00800. The Morgan fingerprint density at radius 3 is 2.10 bits per heavy atom. The molecule has 0 unspecified atom stereocenters. The molecule has 20 heavy (non-hydrogen) atoms. The summed E-state index contributed by atoms with van der Waals surface area (Å²) in [7, 11) is 1.60. The quantitative estimate of drug-likeness (QED) is 0.655. The van der Waals surface area contributed by atoms with Crippen LogP contribution >= 0.6 is 11.8 Å². The SMILES string of the molecule is COc1ccc(C(=O)c2ccc(SCCO)cc2)cc1. The van der Waals surface area contributed by atoms with Crippen LogP contribution in [0.15, 0.2) is 53.4 Å². The molecule has 2 aromatic rings. The first-order valence-electron chi connectivity index (χ1n) is 6.27. The van der Waals surface area contributed by atoms with Crippen LogP contribution in [0.3, 0.4) is 0 Å². The maximum atomic E-state index is 12.3. The summed E-state index contributed by atoms with van der Waals surface area (Å²) in [4.78, 5) is 13.3. The van der Waals surface area contributed by atoms with Gasteiger partial charge < -0.3 is 9.84 Å². The van der Waals surface area contributed by atoms with Crippen molar-refractivity contribution >= 4 is 17.5 Å². The zero-order valence-electron chi connectivity index (χ0n) is 11.2. The summed E-state index contributed by atoms with van der Waals surface area (Å²) < 4.78 is 5.07. The summed E-state index contributed by atoms with van der Waals surface area (Å²) in [6.45, 7) is 0.150. The molecular formula is C16H16O3S. The summed E-state index contributed by atoms with van der Waals surface area (Å²) in [6.07, 6.45) is 0. The lowest BCUT2D eigenvalue weighted by Crippen LogP contribution is -2.01. The molecule has 0 saturated carbocycles. The highest BCUT2D eigenvalue weighted by atomic mass is 32.2. The lowest BCUT2D eigenvalue weighted by atomic mass is 10.0. The van der Waals surface area contributed by atoms with Gasteiger partial charge in [0.1, 0.15) is 5.75 Å². The van der Waals surface area contributed by atoms with E-state index in [2.05, 4.69) is 0 Å². The van der Waals surface area contributed by atoms with E-state index >= 15 is 0 Å². The van der Waals surface area contributed by atoms with Crippen LogP contribution in [0.1, 0.15) is 15.9 Å². The van der Waals surface area contributed by atoms with E-state index in [9.17, 15) is 4.79 Å². The van der Waals surface area contributed by atoms with Crippen molar-refractivity contribution in [2.45, 2.75) is 4.90 Å². The average Bonchev–Trinajstić information content (AvgIpc) is 2.53. The van der Waals surface area contributed by atoms with E-state index in [1.54, 1.807) is 43.1 Å². The van der Waals surface area contributed by atoms with E-state index in [-0.39, 0.29) is 12.4 Å². The lowest BCUT2D eigenvalue weighted by Gasteiger charge is -2.04. The molecule has 0 fully saturated rings. The molecule has 0 atom stereocenters. The van der Waals surface area contributed by atoms with Crippen molar-refractivity contribution in [3.8, 4) is 5.75 Å². The second-order valence-electron chi connectivity index (χ2n) is 4.15. The van der Waals surface area contributed by atoms with E-state index in [1.807, 2.05) is 24.3 Å². The minimum Gasteiger partial charge on any atom is -0.497 e. The molecule has 2 rings (SSSR count). The van der Waals surface area contributed by atoms with Gasteiger partial charge in [0.05, 0.1) is 13.7 Å². The van der Waals surface area contributed by atoms with Crippen LogP contribution in [0.5, 0.6) is 5.75 Å². The minimum atomic E-state index is -0.00800. The van der Waals surface area contributed by atoms with Gasteiger partial charge in [-0.25, -0.2) is 0 Å². The van der Waals surface area contributed by atoms with Gasteiger partial charge in [0.2, 0.25) is 0 Å². The van der Waals surface area contributed by atoms with Crippen LogP contribution in [0.4, 0.5) is 0 Å². The normalized spacial score (nSPS) is 10.3. The van der Waals surface area contributed by atoms with E-state index in [0.717, 1.165) is 10.6 Å². The number of hydrogen-bond donors (Lipinski definition) is 1. The van der Waals surface area contributed by atoms with E-state index in [1.165, 1.54) is 0 Å². The van der Waals surface area contributed by atoms with Gasteiger partial charge in [-0.05, 0) is 48.5 Å². The summed E-state index contributed by atoms with van der Waals surface area (Å²) in [5.74, 6) is 1.38. The molecule has 104 valence electrons. The molecule has 2 aromatic carbocycles. The molecule has 0 saturated heterocycles. The van der Waals surface area contributed by atoms with Crippen LogP contribution in [0.2, 0.25) is 0 Å². The Morgan fingerprint density at radius 2 is 1.60 bits per heavy atom. The number of carbonyl (C=O) groups excluding carboxylic acids is 1. The molecular weight excluding hydrogens is 272 g/mol. The highest BCUT2D eigenvalue weighted by Crippen LogP contribution is 2.20. The fourth-order valence-corrected chi connectivity index (χ4v) is 2.43. The first-order chi connectivity index (χ1) is 9.74. The number of methoxy groups -OCH3 is 1. The Balaban J connectivity index is 2.11. The molecule has 0 aromatic heterocycles. The first-order valence-corrected chi connectivity index (χ1v) is 7.25. The molecule has 4 heteroatoms. The third-order valence-corrected chi connectivity index (χ3v) is 3.82. The van der Waals surface area contributed by atoms with Gasteiger partial charge in [0, 0.05) is 21.8 Å².